The van der Waals surface area contributed by atoms with Gasteiger partial charge in [0.25, 0.3) is 0 Å². The average Bonchev–Trinajstić information content (AvgIpc) is 2.65. The predicted octanol–water partition coefficient (Wildman–Crippen LogP) is 7.59. The summed E-state index contributed by atoms with van der Waals surface area (Å²) in [6.45, 7) is 13.0. The first-order chi connectivity index (χ1) is 12.4. The molecule has 2 nitrogen and oxygen atoms in total. The molecule has 0 unspecified atom stereocenters. The van der Waals surface area contributed by atoms with Crippen LogP contribution in [0.4, 0.5) is 0 Å². The smallest absolute Gasteiger partial charge is 0.119 e. The highest BCUT2D eigenvalue weighted by atomic mass is 16.5. The highest BCUT2D eigenvalue weighted by molar-refractivity contribution is 5.48. The lowest BCUT2D eigenvalue weighted by atomic mass is 9.78. The fourth-order valence-electron chi connectivity index (χ4n) is 3.81. The van der Waals surface area contributed by atoms with E-state index in [4.69, 9.17) is 4.74 Å². The van der Waals surface area contributed by atoms with E-state index in [0.29, 0.717) is 18.6 Å². The van der Waals surface area contributed by atoms with Crippen molar-refractivity contribution in [1.82, 2.24) is 0 Å². The van der Waals surface area contributed by atoms with Crippen LogP contribution in [-0.4, -0.2) is 18.5 Å². The Labute approximate surface area is 169 Å². The minimum absolute atomic E-state index is 0. The Hall–Kier alpha value is -1.15. The largest absolute Gasteiger partial charge is 0.370 e. The first-order valence-corrected chi connectivity index (χ1v) is 10.5. The molecule has 0 amide bonds. The monoisotopic (exact) mass is 376 g/mol. The van der Waals surface area contributed by atoms with Gasteiger partial charge in [-0.25, -0.2) is 0 Å². The number of carbonyl (C=O) groups excluding carboxylic acids is 1. The molecular formula is C25H44O2. The molecule has 1 aliphatic carbocycles. The lowest BCUT2D eigenvalue weighted by Crippen LogP contribution is -2.37. The molecule has 1 saturated carbocycles. The van der Waals surface area contributed by atoms with Crippen molar-refractivity contribution in [3.8, 4) is 0 Å². The van der Waals surface area contributed by atoms with Crippen molar-refractivity contribution in [1.29, 1.82) is 0 Å². The molecule has 0 bridgehead atoms. The number of allylic oxidation sites excluding steroid dienone is 4. The Bertz CT molecular complexity index is 524. The van der Waals surface area contributed by atoms with Crippen molar-refractivity contribution in [3.63, 3.8) is 0 Å². The first kappa shape index (κ1) is 25.9. The van der Waals surface area contributed by atoms with Gasteiger partial charge in [0.05, 0.1) is 12.2 Å². The normalized spacial score (nSPS) is 25.8. The van der Waals surface area contributed by atoms with Crippen LogP contribution in [0.3, 0.4) is 0 Å². The van der Waals surface area contributed by atoms with Crippen LogP contribution in [0.25, 0.3) is 0 Å². The Morgan fingerprint density at radius 2 is 1.67 bits per heavy atom. The van der Waals surface area contributed by atoms with Crippen LogP contribution in [-0.2, 0) is 9.53 Å². The minimum atomic E-state index is 0. The minimum Gasteiger partial charge on any atom is -0.370 e. The van der Waals surface area contributed by atoms with Gasteiger partial charge in [0.2, 0.25) is 0 Å². The molecule has 2 rings (SSSR count). The fraction of sp³-hybridized carbons (Fsp3) is 0.720. The number of rotatable bonds is 6. The fourth-order valence-corrected chi connectivity index (χ4v) is 3.81. The van der Waals surface area contributed by atoms with Gasteiger partial charge in [-0.1, -0.05) is 49.1 Å². The number of hydrogen-bond acceptors (Lipinski definition) is 2. The molecule has 0 spiro atoms. The number of fused-ring (bicyclic) bond motifs is 1. The average molecular weight is 377 g/mol. The number of aldehydes is 1. The molecule has 0 N–H and O–H groups in total. The Morgan fingerprint density at radius 3 is 2.30 bits per heavy atom. The summed E-state index contributed by atoms with van der Waals surface area (Å²) in [6.07, 6.45) is 15.6. The Balaban J connectivity index is 0.000000483. The Morgan fingerprint density at radius 1 is 1.04 bits per heavy atom. The molecule has 0 saturated heterocycles. The number of unbranched alkanes of at least 4 members (excludes halogenated alkanes) is 3. The molecule has 3 atom stereocenters. The SMILES string of the molecule is C.C/C=C(C)/C(C)=C/CCCCC=O.CC1=C(C)[C@H]2CCCC[C@H]2O[C@H]1C. The zero-order valence-electron chi connectivity index (χ0n) is 17.9. The summed E-state index contributed by atoms with van der Waals surface area (Å²) in [7, 11) is 0. The third-order valence-corrected chi connectivity index (χ3v) is 6.15. The van der Waals surface area contributed by atoms with E-state index in [-0.39, 0.29) is 7.43 Å². The lowest BCUT2D eigenvalue weighted by molar-refractivity contribution is -0.107. The lowest BCUT2D eigenvalue weighted by Gasteiger charge is -2.40. The molecule has 2 heteroatoms. The van der Waals surface area contributed by atoms with Crippen molar-refractivity contribution >= 4 is 6.29 Å². The molecule has 1 aliphatic heterocycles. The summed E-state index contributed by atoms with van der Waals surface area (Å²) in [5.41, 5.74) is 5.79. The second kappa shape index (κ2) is 13.9. The molecular weight excluding hydrogens is 332 g/mol. The second-order valence-corrected chi connectivity index (χ2v) is 7.88. The van der Waals surface area contributed by atoms with Gasteiger partial charge in [-0.3, -0.25) is 0 Å². The number of carbonyl (C=O) groups is 1. The van der Waals surface area contributed by atoms with Crippen molar-refractivity contribution in [2.45, 2.75) is 113 Å². The quantitative estimate of drug-likeness (QED) is 0.206. The molecule has 1 heterocycles. The zero-order chi connectivity index (χ0) is 19.5. The van der Waals surface area contributed by atoms with E-state index in [9.17, 15) is 4.79 Å². The third kappa shape index (κ3) is 8.60. The van der Waals surface area contributed by atoms with E-state index in [0.717, 1.165) is 31.5 Å². The van der Waals surface area contributed by atoms with Gasteiger partial charge in [0.15, 0.2) is 0 Å². The molecule has 0 aromatic heterocycles. The molecule has 0 aromatic rings. The van der Waals surface area contributed by atoms with Crippen LogP contribution in [0.5, 0.6) is 0 Å². The third-order valence-electron chi connectivity index (χ3n) is 6.15. The van der Waals surface area contributed by atoms with E-state index < -0.39 is 0 Å². The van der Waals surface area contributed by atoms with Crippen LogP contribution in [0, 0.1) is 5.92 Å². The van der Waals surface area contributed by atoms with E-state index in [2.05, 4.69) is 53.7 Å². The molecule has 2 aliphatic rings. The van der Waals surface area contributed by atoms with E-state index in [1.807, 2.05) is 0 Å². The van der Waals surface area contributed by atoms with E-state index in [1.54, 1.807) is 5.57 Å². The van der Waals surface area contributed by atoms with Crippen molar-refractivity contribution < 1.29 is 9.53 Å². The van der Waals surface area contributed by atoms with E-state index >= 15 is 0 Å². The maximum atomic E-state index is 10.0. The summed E-state index contributed by atoms with van der Waals surface area (Å²) >= 11 is 0. The molecule has 0 aromatic carbocycles. The number of hydrogen-bond donors (Lipinski definition) is 0. The highest BCUT2D eigenvalue weighted by Crippen LogP contribution is 2.38. The van der Waals surface area contributed by atoms with Crippen LogP contribution in [0.2, 0.25) is 0 Å². The van der Waals surface area contributed by atoms with E-state index in [1.165, 1.54) is 42.4 Å². The number of ether oxygens (including phenoxy) is 1. The first-order valence-electron chi connectivity index (χ1n) is 10.5. The van der Waals surface area contributed by atoms with Crippen LogP contribution in [0.1, 0.15) is 100 Å². The standard InChI is InChI=1S/2C12H20O.CH4/c1-8-9(2)11-6-4-5-7-12(11)13-10(8)3;1-4-11(2)12(3)9-7-5-6-8-10-13;/h10-12H,4-7H2,1-3H3;4,9-10H,5-8H2,1-3H3;1H4/b;11-4+,12-9+;/t10-,11+,12+;;/m0../s1. The van der Waals surface area contributed by atoms with Crippen LogP contribution < -0.4 is 0 Å². The maximum absolute atomic E-state index is 10.0. The second-order valence-electron chi connectivity index (χ2n) is 7.88. The maximum Gasteiger partial charge on any atom is 0.119 e. The molecule has 0 radical (unpaired) electrons. The van der Waals surface area contributed by atoms with Crippen LogP contribution >= 0.6 is 0 Å². The topological polar surface area (TPSA) is 26.3 Å². The summed E-state index contributed by atoms with van der Waals surface area (Å²) < 4.78 is 6.02. The van der Waals surface area contributed by atoms with Gasteiger partial charge in [0, 0.05) is 12.3 Å². The van der Waals surface area contributed by atoms with Gasteiger partial charge in [-0.15, -0.1) is 0 Å². The van der Waals surface area contributed by atoms with Gasteiger partial charge in [-0.05, 0) is 79.2 Å². The van der Waals surface area contributed by atoms with Gasteiger partial charge in [-0.2, -0.15) is 0 Å². The summed E-state index contributed by atoms with van der Waals surface area (Å²) in [4.78, 5) is 10.0. The molecule has 27 heavy (non-hydrogen) atoms. The highest BCUT2D eigenvalue weighted by Gasteiger charge is 2.33. The van der Waals surface area contributed by atoms with Crippen molar-refractivity contribution in [3.05, 3.63) is 34.4 Å². The summed E-state index contributed by atoms with van der Waals surface area (Å²) in [5, 5.41) is 0. The van der Waals surface area contributed by atoms with Gasteiger partial charge >= 0.3 is 0 Å². The Kier molecular flexibility index (Phi) is 13.3. The zero-order valence-corrected chi connectivity index (χ0v) is 17.9. The predicted molar refractivity (Wildman–Crippen MR) is 119 cm³/mol. The van der Waals surface area contributed by atoms with Crippen molar-refractivity contribution in [2.75, 3.05) is 0 Å². The summed E-state index contributed by atoms with van der Waals surface area (Å²) in [5.74, 6) is 0.741. The molecule has 156 valence electrons. The van der Waals surface area contributed by atoms with Crippen LogP contribution in [0.15, 0.2) is 34.4 Å². The van der Waals surface area contributed by atoms with Crippen molar-refractivity contribution in [2.24, 2.45) is 5.92 Å². The summed E-state index contributed by atoms with van der Waals surface area (Å²) in [6, 6.07) is 0. The molecule has 1 fully saturated rings. The van der Waals surface area contributed by atoms with Gasteiger partial charge < -0.3 is 9.53 Å². The van der Waals surface area contributed by atoms with Gasteiger partial charge in [0.1, 0.15) is 6.29 Å².